The molecule has 3 unspecified atom stereocenters. The maximum atomic E-state index is 13.8. The Kier molecular flexibility index (Phi) is 9.19. The Morgan fingerprint density at radius 1 is 1.15 bits per heavy atom. The van der Waals surface area contributed by atoms with Gasteiger partial charge < -0.3 is 24.8 Å². The van der Waals surface area contributed by atoms with Crippen molar-refractivity contribution in [3.05, 3.63) is 58.7 Å². The Morgan fingerprint density at radius 2 is 1.85 bits per heavy atom. The summed E-state index contributed by atoms with van der Waals surface area (Å²) in [6.07, 6.45) is -8.20. The van der Waals surface area contributed by atoms with E-state index in [1.807, 2.05) is 0 Å². The van der Waals surface area contributed by atoms with Gasteiger partial charge >= 0.3 is 6.18 Å². The molecule has 0 saturated carbocycles. The molecule has 0 radical (unpaired) electrons. The molecule has 1 aliphatic heterocycles. The number of rotatable bonds is 8. The summed E-state index contributed by atoms with van der Waals surface area (Å²) in [5, 5.41) is 37.9. The molecule has 1 fully saturated rings. The number of ether oxygens (including phenoxy) is 2. The molecular weight excluding hydrogens is 626 g/mol. The van der Waals surface area contributed by atoms with Crippen LogP contribution < -0.4 is 0 Å². The van der Waals surface area contributed by atoms with Gasteiger partial charge in [-0.05, 0) is 34.1 Å². The molecule has 2 aromatic heterocycles. The average molecular weight is 645 g/mol. The van der Waals surface area contributed by atoms with Crippen LogP contribution in [0.4, 0.5) is 26.3 Å². The zero-order chi connectivity index (χ0) is 28.5. The third-order valence-electron chi connectivity index (χ3n) is 5.68. The standard InChI is InChI=1S/C22H19BrF6N4O5S/c23-10-3-11(5-30-4-10)39-21-20(37-8-16(35)22(27,28)29)18(19(36)15(7-34)38-21)33-6-14(31-32-33)9-1-12(24)17(26)13(25)2-9/h1-6,15-16,18-21,34-36H,7-8H2/t15?,16?,18-,19-,20?,21+/m0/s1. The van der Waals surface area contributed by atoms with Gasteiger partial charge in [-0.3, -0.25) is 4.98 Å². The molecular formula is C22H19BrF6N4O5S. The first-order chi connectivity index (χ1) is 18.4. The quantitative estimate of drug-likeness (QED) is 0.251. The average Bonchev–Trinajstić information content (AvgIpc) is 3.35. The first-order valence-corrected chi connectivity index (χ1v) is 12.7. The molecule has 1 aromatic carbocycles. The van der Waals surface area contributed by atoms with E-state index in [-0.39, 0.29) is 11.3 Å². The van der Waals surface area contributed by atoms with Crippen LogP contribution in [0.1, 0.15) is 6.04 Å². The Bertz CT molecular complexity index is 1280. The van der Waals surface area contributed by atoms with Gasteiger partial charge in [0, 0.05) is 27.3 Å². The van der Waals surface area contributed by atoms with Gasteiger partial charge in [0.1, 0.15) is 35.5 Å². The zero-order valence-corrected chi connectivity index (χ0v) is 21.7. The van der Waals surface area contributed by atoms with E-state index >= 15 is 0 Å². The van der Waals surface area contributed by atoms with E-state index in [0.29, 0.717) is 21.5 Å². The van der Waals surface area contributed by atoms with Crippen LogP contribution in [0.2, 0.25) is 0 Å². The number of aromatic nitrogens is 4. The predicted octanol–water partition coefficient (Wildman–Crippen LogP) is 3.24. The third kappa shape index (κ3) is 6.72. The number of nitrogens with zero attached hydrogens (tertiary/aromatic N) is 4. The van der Waals surface area contributed by atoms with Gasteiger partial charge in [-0.1, -0.05) is 17.0 Å². The molecule has 4 rings (SSSR count). The lowest BCUT2D eigenvalue weighted by atomic mass is 9.97. The highest BCUT2D eigenvalue weighted by molar-refractivity contribution is 9.10. The lowest BCUT2D eigenvalue weighted by molar-refractivity contribution is -0.240. The SMILES string of the molecule is OCC1O[C@H](Sc2cncc(Br)c2)C(OCC(O)C(F)(F)F)[C@@H](n2cc(-c3cc(F)c(F)c(F)c3)nn2)[C@H]1O. The van der Waals surface area contributed by atoms with E-state index in [9.17, 15) is 41.7 Å². The highest BCUT2D eigenvalue weighted by atomic mass is 79.9. The minimum Gasteiger partial charge on any atom is -0.394 e. The minimum atomic E-state index is -5.01. The second kappa shape index (κ2) is 12.1. The molecule has 3 heterocycles. The number of alkyl halides is 3. The molecule has 0 aliphatic carbocycles. The summed E-state index contributed by atoms with van der Waals surface area (Å²) in [6, 6.07) is 1.58. The highest BCUT2D eigenvalue weighted by Crippen LogP contribution is 2.40. The maximum absolute atomic E-state index is 13.8. The molecule has 0 amide bonds. The second-order valence-corrected chi connectivity index (χ2v) is 10.4. The van der Waals surface area contributed by atoms with Crippen LogP contribution in [-0.4, -0.2) is 84.5 Å². The van der Waals surface area contributed by atoms with E-state index in [0.717, 1.165) is 22.6 Å². The van der Waals surface area contributed by atoms with E-state index < -0.39 is 72.7 Å². The zero-order valence-electron chi connectivity index (χ0n) is 19.3. The maximum Gasteiger partial charge on any atom is 0.416 e. The van der Waals surface area contributed by atoms with Crippen molar-refractivity contribution in [3.63, 3.8) is 0 Å². The highest BCUT2D eigenvalue weighted by Gasteiger charge is 2.49. The van der Waals surface area contributed by atoms with Gasteiger partial charge in [-0.2, -0.15) is 13.2 Å². The Labute approximate surface area is 228 Å². The molecule has 9 nitrogen and oxygen atoms in total. The fraction of sp³-hybridized carbons (Fsp3) is 0.409. The summed E-state index contributed by atoms with van der Waals surface area (Å²) < 4.78 is 92.7. The summed E-state index contributed by atoms with van der Waals surface area (Å²) in [4.78, 5) is 4.48. The van der Waals surface area contributed by atoms with Crippen molar-refractivity contribution in [1.29, 1.82) is 0 Å². The summed E-state index contributed by atoms with van der Waals surface area (Å²) in [5.74, 6) is -4.68. The van der Waals surface area contributed by atoms with Crippen molar-refractivity contribution in [3.8, 4) is 11.3 Å². The fourth-order valence-corrected chi connectivity index (χ4v) is 5.45. The van der Waals surface area contributed by atoms with Gasteiger partial charge in [0.05, 0.1) is 19.4 Å². The van der Waals surface area contributed by atoms with Crippen molar-refractivity contribution in [2.75, 3.05) is 13.2 Å². The third-order valence-corrected chi connectivity index (χ3v) is 7.22. The monoisotopic (exact) mass is 644 g/mol. The predicted molar refractivity (Wildman–Crippen MR) is 126 cm³/mol. The normalized spacial score (nSPS) is 24.6. The van der Waals surface area contributed by atoms with Crippen LogP contribution >= 0.6 is 27.7 Å². The van der Waals surface area contributed by atoms with E-state index in [2.05, 4.69) is 31.2 Å². The van der Waals surface area contributed by atoms with Gasteiger partial charge in [0.25, 0.3) is 0 Å². The van der Waals surface area contributed by atoms with Gasteiger partial charge in [0.2, 0.25) is 0 Å². The Hall–Kier alpha value is -2.28. The van der Waals surface area contributed by atoms with Gasteiger partial charge in [-0.25, -0.2) is 17.9 Å². The van der Waals surface area contributed by atoms with Crippen molar-refractivity contribution >= 4 is 27.7 Å². The number of hydrogen-bond donors (Lipinski definition) is 3. The summed E-state index contributed by atoms with van der Waals surface area (Å²) in [6.45, 7) is -1.95. The van der Waals surface area contributed by atoms with Gasteiger partial charge in [-0.15, -0.1) is 5.10 Å². The van der Waals surface area contributed by atoms with Crippen LogP contribution in [0.3, 0.4) is 0 Å². The number of aliphatic hydroxyl groups is 3. The number of thioether (sulfide) groups is 1. The van der Waals surface area contributed by atoms with Crippen LogP contribution in [0.25, 0.3) is 11.3 Å². The lowest BCUT2D eigenvalue weighted by Crippen LogP contribution is -2.56. The molecule has 3 aromatic rings. The molecule has 39 heavy (non-hydrogen) atoms. The summed E-state index contributed by atoms with van der Waals surface area (Å²) >= 11 is 4.20. The Balaban J connectivity index is 1.72. The topological polar surface area (TPSA) is 123 Å². The van der Waals surface area contributed by atoms with Crippen LogP contribution in [0.5, 0.6) is 0 Å². The van der Waals surface area contributed by atoms with Gasteiger partial charge in [0.15, 0.2) is 23.6 Å². The molecule has 1 aliphatic rings. The fourth-order valence-electron chi connectivity index (χ4n) is 3.78. The number of hydrogen-bond acceptors (Lipinski definition) is 9. The summed E-state index contributed by atoms with van der Waals surface area (Å²) in [5.41, 5.74) is -1.56. The molecule has 1 saturated heterocycles. The first-order valence-electron chi connectivity index (χ1n) is 11.0. The molecule has 0 bridgehead atoms. The smallest absolute Gasteiger partial charge is 0.394 e. The van der Waals surface area contributed by atoms with Crippen molar-refractivity contribution in [2.45, 2.75) is 47.0 Å². The van der Waals surface area contributed by atoms with Crippen LogP contribution in [-0.2, 0) is 9.47 Å². The van der Waals surface area contributed by atoms with Crippen molar-refractivity contribution in [1.82, 2.24) is 20.0 Å². The second-order valence-electron chi connectivity index (χ2n) is 8.36. The van der Waals surface area contributed by atoms with Crippen molar-refractivity contribution in [2.24, 2.45) is 0 Å². The minimum absolute atomic E-state index is 0.165. The lowest BCUT2D eigenvalue weighted by Gasteiger charge is -2.44. The molecule has 0 spiro atoms. The number of benzene rings is 1. The van der Waals surface area contributed by atoms with E-state index in [4.69, 9.17) is 9.47 Å². The first kappa shape index (κ1) is 29.7. The number of pyridine rings is 1. The largest absolute Gasteiger partial charge is 0.416 e. The van der Waals surface area contributed by atoms with E-state index in [1.165, 1.54) is 12.4 Å². The summed E-state index contributed by atoms with van der Waals surface area (Å²) in [7, 11) is 0. The van der Waals surface area contributed by atoms with Crippen molar-refractivity contribution < 1.29 is 51.1 Å². The van der Waals surface area contributed by atoms with Crippen LogP contribution in [0.15, 0.2) is 46.2 Å². The number of halogens is 7. The molecule has 212 valence electrons. The molecule has 3 N–H and O–H groups in total. The molecule has 17 heteroatoms. The van der Waals surface area contributed by atoms with E-state index in [1.54, 1.807) is 6.07 Å². The number of aliphatic hydroxyl groups excluding tert-OH is 3. The Morgan fingerprint density at radius 3 is 2.46 bits per heavy atom. The van der Waals surface area contributed by atoms with Crippen LogP contribution in [0, 0.1) is 17.5 Å². The molecule has 6 atom stereocenters.